The van der Waals surface area contributed by atoms with E-state index in [-0.39, 0.29) is 5.82 Å². The highest BCUT2D eigenvalue weighted by Gasteiger charge is 2.40. The molecule has 0 aromatic heterocycles. The highest BCUT2D eigenvalue weighted by molar-refractivity contribution is 9.10. The van der Waals surface area contributed by atoms with E-state index in [1.165, 1.54) is 37.8 Å². The van der Waals surface area contributed by atoms with E-state index in [4.69, 9.17) is 0 Å². The van der Waals surface area contributed by atoms with Crippen LogP contribution in [0.25, 0.3) is 0 Å². The molecule has 1 nitrogen and oxygen atoms in total. The normalized spacial score (nSPS) is 31.8. The second-order valence-electron chi connectivity index (χ2n) is 5.89. The average Bonchev–Trinajstić information content (AvgIpc) is 2.89. The lowest BCUT2D eigenvalue weighted by molar-refractivity contribution is 0.125. The lowest BCUT2D eigenvalue weighted by Crippen LogP contribution is -2.14. The van der Waals surface area contributed by atoms with Crippen LogP contribution < -0.4 is 0 Å². The molecule has 98 valence electrons. The zero-order valence-electron chi connectivity index (χ0n) is 10.3. The second kappa shape index (κ2) is 4.93. The Morgan fingerprint density at radius 1 is 1.28 bits per heavy atom. The summed E-state index contributed by atoms with van der Waals surface area (Å²) in [6, 6.07) is 4.69. The van der Waals surface area contributed by atoms with Crippen LogP contribution in [0.2, 0.25) is 0 Å². The first kappa shape index (κ1) is 12.6. The van der Waals surface area contributed by atoms with Crippen molar-refractivity contribution in [1.29, 1.82) is 0 Å². The summed E-state index contributed by atoms with van der Waals surface area (Å²) in [5.74, 6) is 2.06. The van der Waals surface area contributed by atoms with E-state index in [9.17, 15) is 9.50 Å². The van der Waals surface area contributed by atoms with Gasteiger partial charge >= 0.3 is 0 Å². The summed E-state index contributed by atoms with van der Waals surface area (Å²) in [5.41, 5.74) is 0.699. The Bertz CT molecular complexity index is 428. The van der Waals surface area contributed by atoms with Crippen molar-refractivity contribution in [1.82, 2.24) is 0 Å². The van der Waals surface area contributed by atoms with Crippen LogP contribution in [0.15, 0.2) is 22.7 Å². The molecule has 3 rings (SSSR count). The van der Waals surface area contributed by atoms with Gasteiger partial charge in [-0.2, -0.15) is 0 Å². The summed E-state index contributed by atoms with van der Waals surface area (Å²) in [7, 11) is 0. The predicted octanol–water partition coefficient (Wildman–Crippen LogP) is 4.45. The predicted molar refractivity (Wildman–Crippen MR) is 72.6 cm³/mol. The summed E-state index contributed by atoms with van der Waals surface area (Å²) >= 11 is 3.28. The molecule has 2 fully saturated rings. The van der Waals surface area contributed by atoms with Gasteiger partial charge in [0.15, 0.2) is 0 Å². The van der Waals surface area contributed by atoms with Crippen molar-refractivity contribution >= 4 is 15.9 Å². The average molecular weight is 313 g/mol. The molecule has 0 amide bonds. The van der Waals surface area contributed by atoms with E-state index in [0.717, 1.165) is 18.3 Å². The quantitative estimate of drug-likeness (QED) is 0.874. The van der Waals surface area contributed by atoms with Crippen LogP contribution in [0.4, 0.5) is 4.39 Å². The van der Waals surface area contributed by atoms with E-state index in [1.54, 1.807) is 0 Å². The molecule has 4 unspecified atom stereocenters. The van der Waals surface area contributed by atoms with Gasteiger partial charge in [-0.3, -0.25) is 0 Å². The Morgan fingerprint density at radius 2 is 2.11 bits per heavy atom. The van der Waals surface area contributed by atoms with Gasteiger partial charge in [-0.1, -0.05) is 22.4 Å². The minimum Gasteiger partial charge on any atom is -0.388 e. The fourth-order valence-corrected chi connectivity index (χ4v) is 4.34. The second-order valence-corrected chi connectivity index (χ2v) is 6.80. The van der Waals surface area contributed by atoms with Crippen LogP contribution in [0.5, 0.6) is 0 Å². The van der Waals surface area contributed by atoms with Gasteiger partial charge in [0.05, 0.1) is 6.10 Å². The van der Waals surface area contributed by atoms with Crippen molar-refractivity contribution in [2.24, 2.45) is 17.8 Å². The van der Waals surface area contributed by atoms with Crippen molar-refractivity contribution in [3.63, 3.8) is 0 Å². The highest BCUT2D eigenvalue weighted by atomic mass is 79.9. The van der Waals surface area contributed by atoms with Crippen molar-refractivity contribution < 1.29 is 9.50 Å². The standard InChI is InChI=1S/C15H18BrFO/c16-13-5-12(6-14(17)8-13)15(18)7-11-4-9-1-2-10(11)3-9/h5-6,8-11,15,18H,1-4,7H2. The molecule has 2 aliphatic carbocycles. The summed E-state index contributed by atoms with van der Waals surface area (Å²) in [6.45, 7) is 0. The van der Waals surface area contributed by atoms with E-state index < -0.39 is 6.10 Å². The number of hydrogen-bond donors (Lipinski definition) is 1. The molecule has 2 saturated carbocycles. The molecule has 4 atom stereocenters. The number of halogens is 2. The number of aliphatic hydroxyl groups excluding tert-OH is 1. The highest BCUT2D eigenvalue weighted by Crippen LogP contribution is 2.50. The number of aliphatic hydroxyl groups is 1. The third kappa shape index (κ3) is 2.48. The zero-order chi connectivity index (χ0) is 12.7. The number of hydrogen-bond acceptors (Lipinski definition) is 1. The van der Waals surface area contributed by atoms with Gasteiger partial charge in [-0.25, -0.2) is 4.39 Å². The third-order valence-electron chi connectivity index (χ3n) is 4.68. The van der Waals surface area contributed by atoms with Gasteiger partial charge in [-0.05, 0) is 67.2 Å². The third-order valence-corrected chi connectivity index (χ3v) is 5.14. The Hall–Kier alpha value is -0.410. The monoisotopic (exact) mass is 312 g/mol. The van der Waals surface area contributed by atoms with Crippen LogP contribution in [-0.2, 0) is 0 Å². The number of rotatable bonds is 3. The zero-order valence-corrected chi connectivity index (χ0v) is 11.9. The first-order valence-electron chi connectivity index (χ1n) is 6.76. The molecule has 1 N–H and O–H groups in total. The van der Waals surface area contributed by atoms with Gasteiger partial charge in [0.25, 0.3) is 0 Å². The smallest absolute Gasteiger partial charge is 0.124 e. The molecular formula is C15H18BrFO. The molecule has 2 bridgehead atoms. The van der Waals surface area contributed by atoms with E-state index in [0.29, 0.717) is 16.0 Å². The van der Waals surface area contributed by atoms with Crippen molar-refractivity contribution in [2.75, 3.05) is 0 Å². The van der Waals surface area contributed by atoms with Gasteiger partial charge in [0, 0.05) is 4.47 Å². The number of benzene rings is 1. The topological polar surface area (TPSA) is 20.2 Å². The largest absolute Gasteiger partial charge is 0.388 e. The SMILES string of the molecule is OC(CC1CC2CCC1C2)c1cc(F)cc(Br)c1. The summed E-state index contributed by atoms with van der Waals surface area (Å²) < 4.78 is 14.0. The molecule has 2 aliphatic rings. The molecule has 0 radical (unpaired) electrons. The minimum atomic E-state index is -0.527. The first-order valence-corrected chi connectivity index (χ1v) is 7.55. The molecule has 1 aromatic rings. The van der Waals surface area contributed by atoms with Gasteiger partial charge in [0.1, 0.15) is 5.82 Å². The fourth-order valence-electron chi connectivity index (χ4n) is 3.86. The molecule has 0 aliphatic heterocycles. The van der Waals surface area contributed by atoms with Crippen molar-refractivity contribution in [2.45, 2.75) is 38.2 Å². The van der Waals surface area contributed by atoms with Crippen LogP contribution in [-0.4, -0.2) is 5.11 Å². The lowest BCUT2D eigenvalue weighted by atomic mass is 9.83. The molecule has 0 heterocycles. The van der Waals surface area contributed by atoms with Gasteiger partial charge in [0.2, 0.25) is 0 Å². The van der Waals surface area contributed by atoms with Crippen LogP contribution in [0.3, 0.4) is 0 Å². The Labute approximate surface area is 116 Å². The fraction of sp³-hybridized carbons (Fsp3) is 0.600. The Balaban J connectivity index is 1.69. The molecular weight excluding hydrogens is 295 g/mol. The lowest BCUT2D eigenvalue weighted by Gasteiger charge is -2.24. The van der Waals surface area contributed by atoms with Gasteiger partial charge in [-0.15, -0.1) is 0 Å². The van der Waals surface area contributed by atoms with Crippen LogP contribution in [0.1, 0.15) is 43.8 Å². The van der Waals surface area contributed by atoms with Crippen LogP contribution >= 0.6 is 15.9 Å². The minimum absolute atomic E-state index is 0.286. The Kier molecular flexibility index (Phi) is 3.46. The molecule has 0 spiro atoms. The van der Waals surface area contributed by atoms with Crippen molar-refractivity contribution in [3.8, 4) is 0 Å². The van der Waals surface area contributed by atoms with E-state index >= 15 is 0 Å². The molecule has 18 heavy (non-hydrogen) atoms. The molecule has 3 heteroatoms. The molecule has 1 aromatic carbocycles. The maximum absolute atomic E-state index is 13.3. The van der Waals surface area contributed by atoms with Gasteiger partial charge < -0.3 is 5.11 Å². The maximum atomic E-state index is 13.3. The van der Waals surface area contributed by atoms with Crippen LogP contribution in [0, 0.1) is 23.6 Å². The maximum Gasteiger partial charge on any atom is 0.124 e. The first-order chi connectivity index (χ1) is 8.61. The summed E-state index contributed by atoms with van der Waals surface area (Å²) in [5, 5.41) is 10.3. The van der Waals surface area contributed by atoms with E-state index in [1.807, 2.05) is 6.07 Å². The van der Waals surface area contributed by atoms with E-state index in [2.05, 4.69) is 15.9 Å². The summed E-state index contributed by atoms with van der Waals surface area (Å²) in [4.78, 5) is 0. The summed E-state index contributed by atoms with van der Waals surface area (Å²) in [6.07, 6.45) is 5.58. The van der Waals surface area contributed by atoms with Crippen molar-refractivity contribution in [3.05, 3.63) is 34.1 Å². The molecule has 0 saturated heterocycles. The Morgan fingerprint density at radius 3 is 2.72 bits per heavy atom. The number of fused-ring (bicyclic) bond motifs is 2.